The smallest absolute Gasteiger partial charge is 0.263 e. The highest BCUT2D eigenvalue weighted by Gasteiger charge is 2.09. The Morgan fingerprint density at radius 1 is 1.58 bits per heavy atom. The largest absolute Gasteiger partial charge is 0.354 e. The van der Waals surface area contributed by atoms with Gasteiger partial charge in [-0.1, -0.05) is 0 Å². The zero-order valence-corrected chi connectivity index (χ0v) is 12.4. The van der Waals surface area contributed by atoms with Crippen LogP contribution in [0.4, 0.5) is 0 Å². The molecule has 2 rings (SSSR count). The van der Waals surface area contributed by atoms with E-state index < -0.39 is 0 Å². The Kier molecular flexibility index (Phi) is 4.16. The number of carbonyl (C=O) groups is 1. The van der Waals surface area contributed by atoms with Gasteiger partial charge in [0, 0.05) is 19.0 Å². The third kappa shape index (κ3) is 3.10. The number of nitrogens with one attached hydrogen (secondary N) is 2. The topological polar surface area (TPSA) is 66.9 Å². The fraction of sp³-hybridized carbons (Fsp3) is 0.417. The van der Waals surface area contributed by atoms with Crippen LogP contribution in [0.5, 0.6) is 0 Å². The standard InChI is InChI=1S/C12H15N3O2S2/c1-7(2)13-9(16)3-5-15-11(17)8-4-6-19-10(8)14-12(15)18/h4,6-7H,3,5H2,1-2H3,(H,13,16)(H,14,18). The summed E-state index contributed by atoms with van der Waals surface area (Å²) in [6.07, 6.45) is 0.241. The van der Waals surface area contributed by atoms with E-state index in [9.17, 15) is 9.59 Å². The Balaban J connectivity index is 2.23. The molecule has 0 aliphatic heterocycles. The fourth-order valence-corrected chi connectivity index (χ4v) is 2.91. The highest BCUT2D eigenvalue weighted by Crippen LogP contribution is 2.14. The molecule has 7 heteroatoms. The Bertz CT molecular complexity index is 712. The molecule has 0 bridgehead atoms. The SMILES string of the molecule is CC(C)NC(=O)CCn1c(=S)[nH]c2sccc2c1=O. The minimum Gasteiger partial charge on any atom is -0.354 e. The second-order valence-electron chi connectivity index (χ2n) is 4.52. The maximum absolute atomic E-state index is 12.2. The number of aromatic amines is 1. The van der Waals surface area contributed by atoms with Crippen LogP contribution in [0.2, 0.25) is 0 Å². The number of nitrogens with zero attached hydrogens (tertiary/aromatic N) is 1. The summed E-state index contributed by atoms with van der Waals surface area (Å²) in [7, 11) is 0. The molecule has 0 atom stereocenters. The molecular weight excluding hydrogens is 282 g/mol. The maximum atomic E-state index is 12.2. The second kappa shape index (κ2) is 5.66. The number of rotatable bonds is 4. The van der Waals surface area contributed by atoms with Gasteiger partial charge in [0.1, 0.15) is 4.83 Å². The van der Waals surface area contributed by atoms with E-state index in [4.69, 9.17) is 12.2 Å². The summed E-state index contributed by atoms with van der Waals surface area (Å²) in [4.78, 5) is 27.6. The molecule has 2 heterocycles. The van der Waals surface area contributed by atoms with Crippen LogP contribution in [0.1, 0.15) is 20.3 Å². The van der Waals surface area contributed by atoms with Crippen LogP contribution in [-0.2, 0) is 11.3 Å². The van der Waals surface area contributed by atoms with Crippen LogP contribution >= 0.6 is 23.6 Å². The van der Waals surface area contributed by atoms with Crippen molar-refractivity contribution in [3.05, 3.63) is 26.6 Å². The van der Waals surface area contributed by atoms with Gasteiger partial charge >= 0.3 is 0 Å². The third-order valence-electron chi connectivity index (χ3n) is 2.62. The molecule has 2 N–H and O–H groups in total. The number of amides is 1. The lowest BCUT2D eigenvalue weighted by molar-refractivity contribution is -0.121. The predicted octanol–water partition coefficient (Wildman–Crippen LogP) is 2.04. The van der Waals surface area contributed by atoms with Crippen molar-refractivity contribution in [3.63, 3.8) is 0 Å². The van der Waals surface area contributed by atoms with Crippen molar-refractivity contribution in [3.8, 4) is 0 Å². The average molecular weight is 297 g/mol. The summed E-state index contributed by atoms with van der Waals surface area (Å²) >= 11 is 6.60. The van der Waals surface area contributed by atoms with Gasteiger partial charge < -0.3 is 10.3 Å². The molecule has 0 unspecified atom stereocenters. The van der Waals surface area contributed by atoms with Crippen molar-refractivity contribution in [1.29, 1.82) is 0 Å². The molecule has 19 heavy (non-hydrogen) atoms. The molecule has 0 aromatic carbocycles. The summed E-state index contributed by atoms with van der Waals surface area (Å²) in [5, 5.41) is 5.24. The van der Waals surface area contributed by atoms with E-state index in [-0.39, 0.29) is 23.9 Å². The van der Waals surface area contributed by atoms with Gasteiger partial charge in [0.15, 0.2) is 4.77 Å². The number of hydrogen-bond acceptors (Lipinski definition) is 4. The van der Waals surface area contributed by atoms with Crippen molar-refractivity contribution >= 4 is 39.7 Å². The van der Waals surface area contributed by atoms with Gasteiger partial charge in [0.25, 0.3) is 5.56 Å². The van der Waals surface area contributed by atoms with Gasteiger partial charge in [-0.3, -0.25) is 14.2 Å². The number of thiophene rings is 1. The molecule has 0 saturated heterocycles. The van der Waals surface area contributed by atoms with Crippen molar-refractivity contribution in [1.82, 2.24) is 14.9 Å². The van der Waals surface area contributed by atoms with Crippen molar-refractivity contribution < 1.29 is 4.79 Å². The molecule has 2 aromatic rings. The van der Waals surface area contributed by atoms with Gasteiger partial charge in [-0.05, 0) is 37.5 Å². The highest BCUT2D eigenvalue weighted by molar-refractivity contribution is 7.71. The average Bonchev–Trinajstić information content (AvgIpc) is 2.75. The first kappa shape index (κ1) is 14.0. The summed E-state index contributed by atoms with van der Waals surface area (Å²) in [6, 6.07) is 1.86. The van der Waals surface area contributed by atoms with E-state index >= 15 is 0 Å². The van der Waals surface area contributed by atoms with E-state index in [1.165, 1.54) is 15.9 Å². The molecule has 2 aromatic heterocycles. The quantitative estimate of drug-likeness (QED) is 0.849. The van der Waals surface area contributed by atoms with E-state index in [1.807, 2.05) is 19.2 Å². The number of fused-ring (bicyclic) bond motifs is 1. The zero-order chi connectivity index (χ0) is 14.0. The van der Waals surface area contributed by atoms with E-state index in [1.54, 1.807) is 6.07 Å². The summed E-state index contributed by atoms with van der Waals surface area (Å²) in [6.45, 7) is 4.08. The first-order chi connectivity index (χ1) is 8.99. The molecule has 102 valence electrons. The third-order valence-corrected chi connectivity index (χ3v) is 3.77. The Morgan fingerprint density at radius 3 is 3.00 bits per heavy atom. The Morgan fingerprint density at radius 2 is 2.32 bits per heavy atom. The normalized spacial score (nSPS) is 11.1. The first-order valence-electron chi connectivity index (χ1n) is 5.98. The lowest BCUT2D eigenvalue weighted by Gasteiger charge is -2.09. The van der Waals surface area contributed by atoms with Crippen LogP contribution in [-0.4, -0.2) is 21.5 Å². The lowest BCUT2D eigenvalue weighted by Crippen LogP contribution is -2.32. The number of aromatic nitrogens is 2. The molecule has 0 radical (unpaired) electrons. The minimum atomic E-state index is -0.141. The van der Waals surface area contributed by atoms with Gasteiger partial charge in [-0.2, -0.15) is 0 Å². The molecular formula is C12H15N3O2S2. The lowest BCUT2D eigenvalue weighted by atomic mass is 10.3. The monoisotopic (exact) mass is 297 g/mol. The highest BCUT2D eigenvalue weighted by atomic mass is 32.1. The maximum Gasteiger partial charge on any atom is 0.263 e. The molecule has 0 aliphatic rings. The number of hydrogen-bond donors (Lipinski definition) is 2. The minimum absolute atomic E-state index is 0.0817. The summed E-state index contributed by atoms with van der Waals surface area (Å²) in [5.41, 5.74) is -0.141. The molecule has 0 aliphatic carbocycles. The fourth-order valence-electron chi connectivity index (χ4n) is 1.79. The van der Waals surface area contributed by atoms with Crippen LogP contribution in [0, 0.1) is 4.77 Å². The Hall–Kier alpha value is -1.47. The Labute approximate surface area is 119 Å². The van der Waals surface area contributed by atoms with Crippen LogP contribution in [0.3, 0.4) is 0 Å². The van der Waals surface area contributed by atoms with E-state index in [2.05, 4.69) is 10.3 Å². The van der Waals surface area contributed by atoms with Gasteiger partial charge in [-0.15, -0.1) is 11.3 Å². The van der Waals surface area contributed by atoms with Crippen LogP contribution in [0.25, 0.3) is 10.2 Å². The first-order valence-corrected chi connectivity index (χ1v) is 7.27. The van der Waals surface area contributed by atoms with Crippen molar-refractivity contribution in [2.75, 3.05) is 0 Å². The summed E-state index contributed by atoms with van der Waals surface area (Å²) < 4.78 is 1.79. The molecule has 1 amide bonds. The predicted molar refractivity (Wildman–Crippen MR) is 79.2 cm³/mol. The molecule has 0 saturated carbocycles. The van der Waals surface area contributed by atoms with E-state index in [0.29, 0.717) is 16.7 Å². The van der Waals surface area contributed by atoms with Crippen molar-refractivity contribution in [2.24, 2.45) is 0 Å². The van der Waals surface area contributed by atoms with Gasteiger partial charge in [0.2, 0.25) is 5.91 Å². The molecule has 0 spiro atoms. The number of carbonyl (C=O) groups excluding carboxylic acids is 1. The zero-order valence-electron chi connectivity index (χ0n) is 10.7. The second-order valence-corrected chi connectivity index (χ2v) is 5.83. The molecule has 0 fully saturated rings. The molecule has 5 nitrogen and oxygen atoms in total. The number of H-pyrrole nitrogens is 1. The van der Waals surface area contributed by atoms with Crippen LogP contribution in [0.15, 0.2) is 16.2 Å². The van der Waals surface area contributed by atoms with Gasteiger partial charge in [-0.25, -0.2) is 0 Å². The van der Waals surface area contributed by atoms with E-state index in [0.717, 1.165) is 4.83 Å². The summed E-state index contributed by atoms with van der Waals surface area (Å²) in [5.74, 6) is -0.0817. The van der Waals surface area contributed by atoms with Gasteiger partial charge in [0.05, 0.1) is 5.39 Å². The van der Waals surface area contributed by atoms with Crippen molar-refractivity contribution in [2.45, 2.75) is 32.9 Å². The van der Waals surface area contributed by atoms with Crippen LogP contribution < -0.4 is 10.9 Å².